The monoisotopic (exact) mass is 358 g/mol. The van der Waals surface area contributed by atoms with E-state index in [9.17, 15) is 4.79 Å². The van der Waals surface area contributed by atoms with Gasteiger partial charge in [0.2, 0.25) is 5.91 Å². The largest absolute Gasteiger partial charge is 0.351 e. The molecule has 2 aromatic rings. The smallest absolute Gasteiger partial charge is 0.233 e. The minimum atomic E-state index is -0.148. The van der Waals surface area contributed by atoms with Gasteiger partial charge in [-0.2, -0.15) is 0 Å². The van der Waals surface area contributed by atoms with E-state index < -0.39 is 0 Å². The van der Waals surface area contributed by atoms with Crippen molar-refractivity contribution in [3.8, 4) is 0 Å². The Hall–Kier alpha value is -1.82. The van der Waals surface area contributed by atoms with Crippen LogP contribution in [0.3, 0.4) is 0 Å². The van der Waals surface area contributed by atoms with E-state index in [1.165, 1.54) is 12.8 Å². The average Bonchev–Trinajstić information content (AvgIpc) is 3.37. The van der Waals surface area contributed by atoms with Crippen LogP contribution in [0.2, 0.25) is 0 Å². The van der Waals surface area contributed by atoms with Crippen molar-refractivity contribution in [1.82, 2.24) is 20.1 Å². The van der Waals surface area contributed by atoms with Crippen LogP contribution in [-0.4, -0.2) is 25.9 Å². The molecule has 5 nitrogen and oxygen atoms in total. The molecule has 6 heteroatoms. The second-order valence-electron chi connectivity index (χ2n) is 6.81. The fourth-order valence-electron chi connectivity index (χ4n) is 2.79. The molecule has 1 unspecified atom stereocenters. The van der Waals surface area contributed by atoms with Gasteiger partial charge in [-0.1, -0.05) is 62.9 Å². The van der Waals surface area contributed by atoms with Gasteiger partial charge < -0.3 is 9.88 Å². The molecule has 1 aliphatic carbocycles. The molecule has 25 heavy (non-hydrogen) atoms. The van der Waals surface area contributed by atoms with Crippen molar-refractivity contribution in [2.45, 2.75) is 68.9 Å². The summed E-state index contributed by atoms with van der Waals surface area (Å²) in [4.78, 5) is 12.6. The van der Waals surface area contributed by atoms with Crippen LogP contribution < -0.4 is 5.32 Å². The zero-order valence-corrected chi connectivity index (χ0v) is 15.9. The van der Waals surface area contributed by atoms with Crippen LogP contribution in [0.15, 0.2) is 35.5 Å². The van der Waals surface area contributed by atoms with Gasteiger partial charge in [0.25, 0.3) is 0 Å². The summed E-state index contributed by atoms with van der Waals surface area (Å²) < 4.78 is 2.25. The highest BCUT2D eigenvalue weighted by molar-refractivity contribution is 8.00. The Labute approximate surface area is 153 Å². The third-order valence-electron chi connectivity index (χ3n) is 4.34. The Morgan fingerprint density at radius 3 is 2.60 bits per heavy atom. The lowest BCUT2D eigenvalue weighted by Gasteiger charge is -2.16. The number of hydrogen-bond acceptors (Lipinski definition) is 4. The molecule has 0 bridgehead atoms. The average molecular weight is 359 g/mol. The molecule has 3 rings (SSSR count). The number of thioether (sulfide) groups is 1. The first-order valence-electron chi connectivity index (χ1n) is 9.03. The molecule has 1 aromatic carbocycles. The Bertz CT molecular complexity index is 709. The first-order valence-corrected chi connectivity index (χ1v) is 9.91. The first-order chi connectivity index (χ1) is 12.1. The van der Waals surface area contributed by atoms with Gasteiger partial charge in [0.05, 0.1) is 5.25 Å². The topological polar surface area (TPSA) is 59.8 Å². The molecule has 1 heterocycles. The second kappa shape index (κ2) is 8.04. The lowest BCUT2D eigenvalue weighted by Crippen LogP contribution is -2.32. The van der Waals surface area contributed by atoms with E-state index in [4.69, 9.17) is 0 Å². The fourth-order valence-corrected chi connectivity index (χ4v) is 3.84. The van der Waals surface area contributed by atoms with Gasteiger partial charge in [-0.15, -0.1) is 10.2 Å². The van der Waals surface area contributed by atoms with Gasteiger partial charge >= 0.3 is 0 Å². The number of nitrogens with one attached hydrogen (secondary N) is 1. The summed E-state index contributed by atoms with van der Waals surface area (Å²) >= 11 is 1.54. The van der Waals surface area contributed by atoms with E-state index in [2.05, 4.69) is 33.9 Å². The van der Waals surface area contributed by atoms with Crippen LogP contribution in [0.25, 0.3) is 0 Å². The number of benzene rings is 1. The molecule has 0 spiro atoms. The van der Waals surface area contributed by atoms with Crippen LogP contribution in [-0.2, 0) is 11.3 Å². The molecule has 1 N–H and O–H groups in total. The quantitative estimate of drug-likeness (QED) is 0.727. The van der Waals surface area contributed by atoms with Gasteiger partial charge in [0.15, 0.2) is 5.16 Å². The van der Waals surface area contributed by atoms with Crippen molar-refractivity contribution in [1.29, 1.82) is 0 Å². The minimum Gasteiger partial charge on any atom is -0.351 e. The van der Waals surface area contributed by atoms with Crippen LogP contribution in [0.5, 0.6) is 0 Å². The number of nitrogens with zero attached hydrogens (tertiary/aromatic N) is 3. The molecule has 0 aliphatic heterocycles. The Balaban J connectivity index is 1.66. The van der Waals surface area contributed by atoms with Crippen LogP contribution in [0.1, 0.15) is 63.4 Å². The summed E-state index contributed by atoms with van der Waals surface area (Å²) in [5, 5.41) is 12.5. The number of carbonyl (C=O) groups is 1. The number of amides is 1. The maximum Gasteiger partial charge on any atom is 0.233 e. The summed E-state index contributed by atoms with van der Waals surface area (Å²) in [5.41, 5.74) is 1.11. The lowest BCUT2D eigenvalue weighted by molar-refractivity contribution is -0.120. The predicted molar refractivity (Wildman–Crippen MR) is 101 cm³/mol. The zero-order valence-electron chi connectivity index (χ0n) is 15.1. The maximum absolute atomic E-state index is 12.6. The summed E-state index contributed by atoms with van der Waals surface area (Å²) in [6.45, 7) is 6.88. The number of aromatic nitrogens is 3. The van der Waals surface area contributed by atoms with Crippen molar-refractivity contribution in [3.05, 3.63) is 41.7 Å². The fraction of sp³-hybridized carbons (Fsp3) is 0.526. The molecule has 1 aliphatic rings. The molecule has 0 radical (unpaired) electrons. The van der Waals surface area contributed by atoms with Gasteiger partial charge in [-0.25, -0.2) is 0 Å². The standard InChI is InChI=1S/C19H26N4OS/c1-4-16(18(24)20-12-14-8-6-5-7-9-14)25-19-22-21-17(13(2)3)23(19)15-10-11-15/h5-9,13,15-16H,4,10-12H2,1-3H3,(H,20,24). The Kier molecular flexibility index (Phi) is 5.78. The van der Waals surface area contributed by atoms with Crippen LogP contribution in [0, 0.1) is 0 Å². The van der Waals surface area contributed by atoms with Crippen molar-refractivity contribution in [2.75, 3.05) is 0 Å². The highest BCUT2D eigenvalue weighted by Crippen LogP contribution is 2.41. The molecule has 1 amide bonds. The van der Waals surface area contributed by atoms with E-state index in [0.29, 0.717) is 18.5 Å². The molecule has 0 saturated heterocycles. The molecular weight excluding hydrogens is 332 g/mol. The summed E-state index contributed by atoms with van der Waals surface area (Å²) in [6.07, 6.45) is 3.13. The highest BCUT2D eigenvalue weighted by Gasteiger charge is 2.32. The lowest BCUT2D eigenvalue weighted by atomic mass is 10.2. The number of hydrogen-bond donors (Lipinski definition) is 1. The molecule has 1 atom stereocenters. The number of carbonyl (C=O) groups excluding carboxylic acids is 1. The van der Waals surface area contributed by atoms with Gasteiger partial charge in [0, 0.05) is 18.5 Å². The summed E-state index contributed by atoms with van der Waals surface area (Å²) in [6, 6.07) is 10.5. The molecule has 134 valence electrons. The summed E-state index contributed by atoms with van der Waals surface area (Å²) in [7, 11) is 0. The highest BCUT2D eigenvalue weighted by atomic mass is 32.2. The van der Waals surface area contributed by atoms with Gasteiger partial charge in [0.1, 0.15) is 5.82 Å². The minimum absolute atomic E-state index is 0.0628. The zero-order chi connectivity index (χ0) is 17.8. The summed E-state index contributed by atoms with van der Waals surface area (Å²) in [5.74, 6) is 1.44. The molecule has 1 aromatic heterocycles. The van der Waals surface area contributed by atoms with E-state index in [0.717, 1.165) is 23.0 Å². The third-order valence-corrected chi connectivity index (χ3v) is 5.66. The maximum atomic E-state index is 12.6. The van der Waals surface area contributed by atoms with E-state index in [1.807, 2.05) is 37.3 Å². The van der Waals surface area contributed by atoms with Gasteiger partial charge in [-0.3, -0.25) is 4.79 Å². The second-order valence-corrected chi connectivity index (χ2v) is 7.98. The SMILES string of the molecule is CCC(Sc1nnc(C(C)C)n1C1CC1)C(=O)NCc1ccccc1. The Morgan fingerprint density at radius 2 is 2.00 bits per heavy atom. The first kappa shape index (κ1) is 18.0. The van der Waals surface area contributed by atoms with Gasteiger partial charge in [-0.05, 0) is 24.8 Å². The molecular formula is C19H26N4OS. The van der Waals surface area contributed by atoms with Crippen molar-refractivity contribution >= 4 is 17.7 Å². The van der Waals surface area contributed by atoms with E-state index >= 15 is 0 Å². The van der Waals surface area contributed by atoms with Crippen LogP contribution in [0.4, 0.5) is 0 Å². The van der Waals surface area contributed by atoms with E-state index in [-0.39, 0.29) is 11.2 Å². The van der Waals surface area contributed by atoms with Crippen molar-refractivity contribution in [2.24, 2.45) is 0 Å². The van der Waals surface area contributed by atoms with Crippen LogP contribution >= 0.6 is 11.8 Å². The number of rotatable bonds is 8. The molecule has 1 fully saturated rings. The third kappa shape index (κ3) is 4.42. The van der Waals surface area contributed by atoms with Crippen molar-refractivity contribution < 1.29 is 4.79 Å². The van der Waals surface area contributed by atoms with E-state index in [1.54, 1.807) is 11.8 Å². The van der Waals surface area contributed by atoms with Crippen molar-refractivity contribution in [3.63, 3.8) is 0 Å². The Morgan fingerprint density at radius 1 is 1.28 bits per heavy atom. The predicted octanol–water partition coefficient (Wildman–Crippen LogP) is 3.92. The normalized spacial score (nSPS) is 15.4. The molecule has 1 saturated carbocycles.